The summed E-state index contributed by atoms with van der Waals surface area (Å²) in [6, 6.07) is 4.89. The summed E-state index contributed by atoms with van der Waals surface area (Å²) in [4.78, 5) is 7.49. The summed E-state index contributed by atoms with van der Waals surface area (Å²) in [5.74, 6) is -0.272. The average molecular weight is 281 g/mol. The maximum atomic E-state index is 12.3. The van der Waals surface area contributed by atoms with E-state index in [1.54, 1.807) is 18.2 Å². The summed E-state index contributed by atoms with van der Waals surface area (Å²) in [6.45, 7) is 1.82. The van der Waals surface area contributed by atoms with E-state index in [9.17, 15) is 10.4 Å². The van der Waals surface area contributed by atoms with Crippen LogP contribution in [-0.4, -0.2) is 9.97 Å². The number of rotatable bonds is 0. The van der Waals surface area contributed by atoms with Crippen molar-refractivity contribution < 1.29 is 39.0 Å². The van der Waals surface area contributed by atoms with Crippen molar-refractivity contribution in [3.05, 3.63) is 34.2 Å². The van der Waals surface area contributed by atoms with E-state index in [1.807, 2.05) is 6.92 Å². The van der Waals surface area contributed by atoms with Crippen LogP contribution in [0.3, 0.4) is 0 Å². The Morgan fingerprint density at radius 3 is 2.45 bits per heavy atom. The molecule has 0 amide bonds. The van der Waals surface area contributed by atoms with E-state index in [0.717, 1.165) is 5.56 Å². The number of anilines is 2. The van der Waals surface area contributed by atoms with Gasteiger partial charge in [-0.2, -0.15) is 9.71 Å². The van der Waals surface area contributed by atoms with Crippen LogP contribution < -0.4 is 50.5 Å². The third-order valence-electron chi connectivity index (χ3n) is 2.87. The summed E-state index contributed by atoms with van der Waals surface area (Å²) >= 11 is 0. The van der Waals surface area contributed by atoms with Gasteiger partial charge in [0.05, 0.1) is 0 Å². The molecule has 2 heterocycles. The van der Waals surface area contributed by atoms with Crippen molar-refractivity contribution in [1.29, 1.82) is 0 Å². The second-order valence-corrected chi connectivity index (χ2v) is 4.22. The molecule has 0 bridgehead atoms. The van der Waals surface area contributed by atoms with Gasteiger partial charge in [-0.15, -0.1) is 0 Å². The number of nitrogen functional groups attached to an aromatic ring is 2. The topological polar surface area (TPSA) is 132 Å². The molecule has 0 aliphatic carbocycles. The molecule has 0 aliphatic heterocycles. The number of benzene rings is 1. The number of hydrogen-bond acceptors (Lipinski definition) is 6. The predicted octanol–water partition coefficient (Wildman–Crippen LogP) is -3.47. The van der Waals surface area contributed by atoms with Gasteiger partial charge >= 0.3 is 46.7 Å². The van der Waals surface area contributed by atoms with E-state index in [2.05, 4.69) is 9.97 Å². The number of aromatic nitrogens is 4. The van der Waals surface area contributed by atoms with Crippen molar-refractivity contribution in [2.45, 2.75) is 6.92 Å². The van der Waals surface area contributed by atoms with Gasteiger partial charge in [0.15, 0.2) is 0 Å². The molecular formula is C11H10N6NaO2+. The minimum Gasteiger partial charge on any atom is -0.710 e. The molecule has 0 saturated heterocycles. The average Bonchev–Trinajstić information content (AvgIpc) is 2.35. The van der Waals surface area contributed by atoms with Crippen molar-refractivity contribution in [3.8, 4) is 0 Å². The molecule has 3 aromatic rings. The zero-order valence-electron chi connectivity index (χ0n) is 11.0. The molecule has 4 N–H and O–H groups in total. The third kappa shape index (κ3) is 1.98. The third-order valence-corrected chi connectivity index (χ3v) is 2.87. The fraction of sp³-hybridized carbons (Fsp3) is 0.0909. The van der Waals surface area contributed by atoms with Crippen LogP contribution in [-0.2, 0) is 0 Å². The van der Waals surface area contributed by atoms with Crippen LogP contribution in [0.15, 0.2) is 18.2 Å². The molecule has 3 rings (SSSR count). The smallest absolute Gasteiger partial charge is 0.710 e. The van der Waals surface area contributed by atoms with E-state index in [1.165, 1.54) is 0 Å². The van der Waals surface area contributed by atoms with Crippen LogP contribution in [0.2, 0.25) is 0 Å². The molecule has 0 spiro atoms. The van der Waals surface area contributed by atoms with Crippen LogP contribution in [0.25, 0.3) is 22.2 Å². The standard InChI is InChI=1S/C11H10N6O2.Na/c1-5-2-3-6-7(4-5)17(19)10-8(16(6)18)9(12)14-11(13)15-10;/h2-4H,1H3,(H4,12,13,14,15);/q;+1. The quantitative estimate of drug-likeness (QED) is 0.190. The van der Waals surface area contributed by atoms with Gasteiger partial charge in [-0.3, -0.25) is 0 Å². The number of nitrogens with zero attached hydrogens (tertiary/aromatic N) is 4. The molecule has 2 aromatic heterocycles. The maximum absolute atomic E-state index is 12.3. The molecule has 9 heteroatoms. The van der Waals surface area contributed by atoms with Gasteiger partial charge in [-0.05, 0) is 18.6 Å². The van der Waals surface area contributed by atoms with E-state index in [4.69, 9.17) is 11.5 Å². The zero-order valence-corrected chi connectivity index (χ0v) is 13.0. The number of aryl methyl sites for hydroxylation is 1. The first-order valence-electron chi connectivity index (χ1n) is 5.47. The number of nitrogens with two attached hydrogens (primary N) is 2. The van der Waals surface area contributed by atoms with Gasteiger partial charge in [-0.25, -0.2) is 4.73 Å². The van der Waals surface area contributed by atoms with Crippen molar-refractivity contribution in [2.24, 2.45) is 0 Å². The Balaban J connectivity index is 0.00000147. The van der Waals surface area contributed by atoms with E-state index in [-0.39, 0.29) is 63.5 Å². The van der Waals surface area contributed by atoms with Crippen LogP contribution in [0.5, 0.6) is 0 Å². The Kier molecular flexibility index (Phi) is 3.55. The number of fused-ring (bicyclic) bond motifs is 2. The van der Waals surface area contributed by atoms with Crippen LogP contribution in [0, 0.1) is 17.3 Å². The normalized spacial score (nSPS) is 10.7. The van der Waals surface area contributed by atoms with Gasteiger partial charge in [0, 0.05) is 11.1 Å². The van der Waals surface area contributed by atoms with Crippen LogP contribution in [0.4, 0.5) is 11.8 Å². The Bertz CT molecular complexity index is 838. The van der Waals surface area contributed by atoms with E-state index in [0.29, 0.717) is 9.46 Å². The number of hydrogen-bond donors (Lipinski definition) is 2. The first kappa shape index (κ1) is 14.5. The van der Waals surface area contributed by atoms with E-state index >= 15 is 0 Å². The van der Waals surface area contributed by atoms with Gasteiger partial charge in [-0.1, -0.05) is 6.07 Å². The molecule has 0 radical (unpaired) electrons. The molecule has 96 valence electrons. The molecular weight excluding hydrogens is 271 g/mol. The Morgan fingerprint density at radius 1 is 1.05 bits per heavy atom. The maximum Gasteiger partial charge on any atom is 1.00 e. The Morgan fingerprint density at radius 2 is 1.75 bits per heavy atom. The van der Waals surface area contributed by atoms with Gasteiger partial charge in [0.25, 0.3) is 5.52 Å². The van der Waals surface area contributed by atoms with Crippen molar-refractivity contribution in [1.82, 2.24) is 9.97 Å². The fourth-order valence-corrected chi connectivity index (χ4v) is 2.02. The summed E-state index contributed by atoms with van der Waals surface area (Å²) in [5, 5.41) is 24.5. The van der Waals surface area contributed by atoms with Crippen molar-refractivity contribution in [2.75, 3.05) is 11.5 Å². The minimum absolute atomic E-state index is 0. The molecule has 0 unspecified atom stereocenters. The van der Waals surface area contributed by atoms with Gasteiger partial charge < -0.3 is 21.9 Å². The van der Waals surface area contributed by atoms with Crippen LogP contribution >= 0.6 is 0 Å². The van der Waals surface area contributed by atoms with Gasteiger partial charge in [0.2, 0.25) is 11.3 Å². The summed E-state index contributed by atoms with van der Waals surface area (Å²) in [7, 11) is 0. The van der Waals surface area contributed by atoms with Crippen LogP contribution in [0.1, 0.15) is 5.56 Å². The fourth-order valence-electron chi connectivity index (χ4n) is 2.02. The molecule has 0 saturated carbocycles. The second kappa shape index (κ2) is 4.89. The first-order chi connectivity index (χ1) is 8.99. The molecule has 8 nitrogen and oxygen atoms in total. The monoisotopic (exact) mass is 281 g/mol. The molecule has 0 fully saturated rings. The molecule has 1 aromatic carbocycles. The minimum atomic E-state index is -0.151. The summed E-state index contributed by atoms with van der Waals surface area (Å²) < 4.78 is 1.09. The first-order valence-corrected chi connectivity index (χ1v) is 5.47. The summed E-state index contributed by atoms with van der Waals surface area (Å²) in [5.41, 5.74) is 12.1. The Labute approximate surface area is 135 Å². The van der Waals surface area contributed by atoms with Crippen molar-refractivity contribution >= 4 is 34.0 Å². The second-order valence-electron chi connectivity index (χ2n) is 4.22. The SMILES string of the molecule is Cc1ccc2c(c1)[n+]([O-])c1nc(N)nc(N)c1[n+]2[O-].[Na+]. The van der Waals surface area contributed by atoms with Gasteiger partial charge in [0.1, 0.15) is 0 Å². The largest absolute Gasteiger partial charge is 1.00 e. The van der Waals surface area contributed by atoms with Crippen molar-refractivity contribution in [3.63, 3.8) is 0 Å². The molecule has 0 atom stereocenters. The Hall–Kier alpha value is -1.90. The van der Waals surface area contributed by atoms with E-state index < -0.39 is 0 Å². The predicted molar refractivity (Wildman–Crippen MR) is 68.5 cm³/mol. The molecule has 0 aliphatic rings. The molecule has 20 heavy (non-hydrogen) atoms. The summed E-state index contributed by atoms with van der Waals surface area (Å²) in [6.07, 6.45) is 0. The zero-order chi connectivity index (χ0) is 13.7.